The third-order valence-corrected chi connectivity index (χ3v) is 4.09. The topological polar surface area (TPSA) is 49.8 Å². The summed E-state index contributed by atoms with van der Waals surface area (Å²) >= 11 is 0. The summed E-state index contributed by atoms with van der Waals surface area (Å²) in [7, 11) is 1.57. The molecule has 1 heterocycles. The number of rotatable bonds is 3. The lowest BCUT2D eigenvalue weighted by molar-refractivity contribution is -0.132. The van der Waals surface area contributed by atoms with E-state index >= 15 is 0 Å². The van der Waals surface area contributed by atoms with Gasteiger partial charge in [0.1, 0.15) is 5.75 Å². The Morgan fingerprint density at radius 2 is 1.77 bits per heavy atom. The van der Waals surface area contributed by atoms with Gasteiger partial charge in [0.05, 0.1) is 12.8 Å². The number of fused-ring (bicyclic) bond motifs is 1. The highest BCUT2D eigenvalue weighted by Gasteiger charge is 2.52. The largest absolute Gasteiger partial charge is 0.495 e. The molecule has 1 unspecified atom stereocenters. The van der Waals surface area contributed by atoms with Crippen LogP contribution in [0.5, 0.6) is 5.75 Å². The first-order chi connectivity index (χ1) is 10.5. The second kappa shape index (κ2) is 5.14. The Morgan fingerprint density at radius 3 is 2.36 bits per heavy atom. The van der Waals surface area contributed by atoms with Gasteiger partial charge in [-0.15, -0.1) is 0 Å². The van der Waals surface area contributed by atoms with E-state index in [-0.39, 0.29) is 11.9 Å². The van der Waals surface area contributed by atoms with Crippen molar-refractivity contribution < 1.29 is 14.6 Å². The molecule has 0 aromatic heterocycles. The molecule has 0 saturated carbocycles. The van der Waals surface area contributed by atoms with Crippen molar-refractivity contribution in [2.45, 2.75) is 25.5 Å². The number of aliphatic hydroxyl groups is 1. The fourth-order valence-electron chi connectivity index (χ4n) is 3.07. The SMILES string of the molecule is COc1cccc2c1N(C(C)C)C(=O)C2(O)c1ccccc1. The summed E-state index contributed by atoms with van der Waals surface area (Å²) in [5.41, 5.74) is 0.112. The number of nitrogens with zero attached hydrogens (tertiary/aromatic N) is 1. The number of ether oxygens (including phenoxy) is 1. The second-order valence-corrected chi connectivity index (χ2v) is 5.70. The molecule has 0 bridgehead atoms. The van der Waals surface area contributed by atoms with Crippen molar-refractivity contribution in [2.24, 2.45) is 0 Å². The summed E-state index contributed by atoms with van der Waals surface area (Å²) in [5, 5.41) is 11.3. The first kappa shape index (κ1) is 14.6. The average molecular weight is 297 g/mol. The van der Waals surface area contributed by atoms with Gasteiger partial charge in [-0.1, -0.05) is 42.5 Å². The predicted molar refractivity (Wildman–Crippen MR) is 85.1 cm³/mol. The highest BCUT2D eigenvalue weighted by atomic mass is 16.5. The molecule has 4 heteroatoms. The number of para-hydroxylation sites is 1. The van der Waals surface area contributed by atoms with Gasteiger partial charge in [-0.25, -0.2) is 0 Å². The van der Waals surface area contributed by atoms with E-state index in [0.717, 1.165) is 0 Å². The van der Waals surface area contributed by atoms with E-state index in [4.69, 9.17) is 4.74 Å². The highest BCUT2D eigenvalue weighted by molar-refractivity contribution is 6.10. The lowest BCUT2D eigenvalue weighted by Gasteiger charge is -2.26. The van der Waals surface area contributed by atoms with Crippen LogP contribution in [0.15, 0.2) is 48.5 Å². The number of benzene rings is 2. The first-order valence-electron chi connectivity index (χ1n) is 7.30. The molecule has 4 nitrogen and oxygen atoms in total. The Kier molecular flexibility index (Phi) is 3.41. The third-order valence-electron chi connectivity index (χ3n) is 4.09. The zero-order chi connectivity index (χ0) is 15.9. The third kappa shape index (κ3) is 1.84. The molecule has 3 rings (SSSR count). The van der Waals surface area contributed by atoms with E-state index in [1.165, 1.54) is 0 Å². The van der Waals surface area contributed by atoms with Gasteiger partial charge in [0.25, 0.3) is 5.91 Å². The number of hydrogen-bond donors (Lipinski definition) is 1. The average Bonchev–Trinajstić information content (AvgIpc) is 2.77. The van der Waals surface area contributed by atoms with Crippen LogP contribution in [0.1, 0.15) is 25.0 Å². The van der Waals surface area contributed by atoms with Crippen LogP contribution in [0.2, 0.25) is 0 Å². The summed E-state index contributed by atoms with van der Waals surface area (Å²) in [4.78, 5) is 14.6. The van der Waals surface area contributed by atoms with E-state index in [1.54, 1.807) is 42.3 Å². The molecular formula is C18H19NO3. The van der Waals surface area contributed by atoms with Gasteiger partial charge in [-0.2, -0.15) is 0 Å². The maximum Gasteiger partial charge on any atom is 0.268 e. The zero-order valence-corrected chi connectivity index (χ0v) is 12.9. The molecule has 0 aliphatic carbocycles. The molecule has 1 N–H and O–H groups in total. The minimum atomic E-state index is -1.67. The fraction of sp³-hybridized carbons (Fsp3) is 0.278. The zero-order valence-electron chi connectivity index (χ0n) is 12.9. The molecule has 2 aromatic carbocycles. The van der Waals surface area contributed by atoms with Gasteiger partial charge in [-0.05, 0) is 25.5 Å². The van der Waals surface area contributed by atoms with Crippen molar-refractivity contribution in [2.75, 3.05) is 12.0 Å². The Hall–Kier alpha value is -2.33. The molecule has 1 atom stereocenters. The lowest BCUT2D eigenvalue weighted by Crippen LogP contribution is -2.44. The Morgan fingerprint density at radius 1 is 1.09 bits per heavy atom. The summed E-state index contributed by atoms with van der Waals surface area (Å²) in [6.45, 7) is 3.84. The summed E-state index contributed by atoms with van der Waals surface area (Å²) in [6, 6.07) is 14.3. The maximum absolute atomic E-state index is 13.0. The van der Waals surface area contributed by atoms with Gasteiger partial charge < -0.3 is 14.7 Å². The smallest absolute Gasteiger partial charge is 0.268 e. The Labute approximate surface area is 130 Å². The number of anilines is 1. The minimum Gasteiger partial charge on any atom is -0.495 e. The van der Waals surface area contributed by atoms with Crippen molar-refractivity contribution in [1.29, 1.82) is 0 Å². The first-order valence-corrected chi connectivity index (χ1v) is 7.30. The summed E-state index contributed by atoms with van der Waals surface area (Å²) in [5.74, 6) is 0.250. The standard InChI is InChI=1S/C18H19NO3/c1-12(2)19-16-14(10-7-11-15(16)22-3)18(21,17(19)20)13-8-5-4-6-9-13/h4-12,21H,1-3H3. The number of methoxy groups -OCH3 is 1. The molecule has 22 heavy (non-hydrogen) atoms. The van der Waals surface area contributed by atoms with Crippen LogP contribution in [0.3, 0.4) is 0 Å². The highest BCUT2D eigenvalue weighted by Crippen LogP contribution is 2.49. The fourth-order valence-corrected chi connectivity index (χ4v) is 3.07. The van der Waals surface area contributed by atoms with Crippen LogP contribution in [-0.4, -0.2) is 24.2 Å². The molecular weight excluding hydrogens is 278 g/mol. The van der Waals surface area contributed by atoms with Crippen LogP contribution < -0.4 is 9.64 Å². The minimum absolute atomic E-state index is 0.0831. The molecule has 1 aliphatic heterocycles. The number of hydrogen-bond acceptors (Lipinski definition) is 3. The molecule has 2 aromatic rings. The van der Waals surface area contributed by atoms with Gasteiger partial charge >= 0.3 is 0 Å². The normalized spacial score (nSPS) is 20.4. The van der Waals surface area contributed by atoms with Crippen LogP contribution >= 0.6 is 0 Å². The van der Waals surface area contributed by atoms with E-state index < -0.39 is 5.60 Å². The van der Waals surface area contributed by atoms with E-state index in [9.17, 15) is 9.90 Å². The number of carbonyl (C=O) groups is 1. The number of carbonyl (C=O) groups excluding carboxylic acids is 1. The quantitative estimate of drug-likeness (QED) is 0.947. The molecule has 114 valence electrons. The molecule has 0 saturated heterocycles. The van der Waals surface area contributed by atoms with E-state index in [2.05, 4.69) is 0 Å². The van der Waals surface area contributed by atoms with Crippen molar-refractivity contribution >= 4 is 11.6 Å². The molecule has 1 amide bonds. The molecule has 1 aliphatic rings. The van der Waals surface area contributed by atoms with Gasteiger partial charge in [-0.3, -0.25) is 4.79 Å². The maximum atomic E-state index is 13.0. The molecule has 0 spiro atoms. The van der Waals surface area contributed by atoms with Crippen LogP contribution in [0.4, 0.5) is 5.69 Å². The Bertz CT molecular complexity index is 712. The van der Waals surface area contributed by atoms with Crippen LogP contribution in [0, 0.1) is 0 Å². The monoisotopic (exact) mass is 297 g/mol. The molecule has 0 radical (unpaired) electrons. The van der Waals surface area contributed by atoms with E-state index in [1.807, 2.05) is 32.0 Å². The second-order valence-electron chi connectivity index (χ2n) is 5.70. The lowest BCUT2D eigenvalue weighted by atomic mass is 9.87. The number of amides is 1. The summed E-state index contributed by atoms with van der Waals surface area (Å²) < 4.78 is 5.41. The van der Waals surface area contributed by atoms with E-state index in [0.29, 0.717) is 22.6 Å². The Balaban J connectivity index is 2.30. The molecule has 0 fully saturated rings. The predicted octanol–water partition coefficient (Wildman–Crippen LogP) is 2.69. The van der Waals surface area contributed by atoms with Gasteiger partial charge in [0, 0.05) is 11.6 Å². The van der Waals surface area contributed by atoms with Gasteiger partial charge in [0.2, 0.25) is 0 Å². The van der Waals surface area contributed by atoms with Crippen LogP contribution in [-0.2, 0) is 10.4 Å². The van der Waals surface area contributed by atoms with Crippen LogP contribution in [0.25, 0.3) is 0 Å². The van der Waals surface area contributed by atoms with Crippen molar-refractivity contribution in [3.05, 3.63) is 59.7 Å². The van der Waals surface area contributed by atoms with Gasteiger partial charge in [0.15, 0.2) is 5.60 Å². The van der Waals surface area contributed by atoms with Crippen molar-refractivity contribution in [3.8, 4) is 5.75 Å². The van der Waals surface area contributed by atoms with Crippen molar-refractivity contribution in [3.63, 3.8) is 0 Å². The summed E-state index contributed by atoms with van der Waals surface area (Å²) in [6.07, 6.45) is 0. The van der Waals surface area contributed by atoms with Crippen molar-refractivity contribution in [1.82, 2.24) is 0 Å².